The minimum Gasteiger partial charge on any atom is -0.469 e. The molecule has 11 nitrogen and oxygen atoms in total. The third-order valence-corrected chi connectivity index (χ3v) is 14.1. The van der Waals surface area contributed by atoms with Gasteiger partial charge in [0.25, 0.3) is 5.95 Å². The summed E-state index contributed by atoms with van der Waals surface area (Å²) >= 11 is 0. The number of ether oxygens (including phenoxy) is 4. The van der Waals surface area contributed by atoms with Crippen LogP contribution < -0.4 is 0 Å². The Bertz CT molecular complexity index is 1230. The Morgan fingerprint density at radius 1 is 0.702 bits per heavy atom. The zero-order chi connectivity index (χ0) is 37.8. The minimum atomic E-state index is -0.888. The molecule has 15 unspecified atom stereocenters. The molecule has 0 amide bonds. The zero-order valence-corrected chi connectivity index (χ0v) is 31.7. The number of rotatable bonds is 11. The van der Waals surface area contributed by atoms with E-state index in [9.17, 15) is 24.6 Å². The smallest absolute Gasteiger partial charge is 0.316 e. The molecule has 0 aliphatic heterocycles. The van der Waals surface area contributed by atoms with Gasteiger partial charge in [-0.05, 0) is 157 Å². The van der Waals surface area contributed by atoms with Crippen molar-refractivity contribution in [2.45, 2.75) is 161 Å². The average molecular weight is 819 g/mol. The number of hydrogen-bond acceptors (Lipinski definition) is 11. The van der Waals surface area contributed by atoms with Crippen LogP contribution in [0, 0.1) is 76.4 Å². The fraction of sp³-hybridized carbons (Fsp3) is 0.870. The van der Waals surface area contributed by atoms with Crippen molar-refractivity contribution < 1.29 is 54.9 Å². The topological polar surface area (TPSA) is 166 Å². The first kappa shape index (κ1) is 58.8. The largest absolute Gasteiger partial charge is 0.469 e. The Balaban J connectivity index is -0.000000538. The molecule has 0 aromatic rings. The minimum absolute atomic E-state index is 0. The molecule has 0 heterocycles. The monoisotopic (exact) mass is 819 g/mol. The van der Waals surface area contributed by atoms with E-state index in [2.05, 4.69) is 6.58 Å². The molecule has 15 atom stereocenters. The van der Waals surface area contributed by atoms with Gasteiger partial charge < -0.3 is 39.1 Å². The highest BCUT2D eigenvalue weighted by molar-refractivity contribution is 5.79. The first-order valence-electron chi connectivity index (χ1n) is 19.2. The molecule has 3 N–H and O–H groups in total. The molecule has 340 valence electrons. The first-order valence-corrected chi connectivity index (χ1v) is 19.2. The molecule has 7 aliphatic rings. The van der Waals surface area contributed by atoms with E-state index in [0.717, 1.165) is 49.5 Å². The number of aliphatic hydroxyl groups is 3. The average Bonchev–Trinajstić information content (AvgIpc) is 4.00. The highest BCUT2D eigenvalue weighted by Gasteiger charge is 2.63. The van der Waals surface area contributed by atoms with Gasteiger partial charge in [-0.3, -0.25) is 14.4 Å². The van der Waals surface area contributed by atoms with Crippen LogP contribution in [0.15, 0.2) is 12.5 Å². The Hall–Kier alpha value is -2.50. The van der Waals surface area contributed by atoms with Gasteiger partial charge in [0.05, 0.1) is 43.7 Å². The summed E-state index contributed by atoms with van der Waals surface area (Å²) in [5, 5.41) is 26.3. The molecular weight excluding hydrogens is 728 g/mol. The van der Waals surface area contributed by atoms with Crippen molar-refractivity contribution in [3.05, 3.63) is 12.5 Å². The van der Waals surface area contributed by atoms with Crippen LogP contribution in [0.2, 0.25) is 0 Å². The molecule has 0 aromatic carbocycles. The van der Waals surface area contributed by atoms with Crippen LogP contribution in [0.1, 0.15) is 144 Å². The van der Waals surface area contributed by atoms with Gasteiger partial charge in [-0.15, -0.1) is 0 Å². The molecule has 57 heavy (non-hydrogen) atoms. The van der Waals surface area contributed by atoms with Crippen LogP contribution in [-0.2, 0) is 38.1 Å². The Morgan fingerprint density at radius 3 is 1.75 bits per heavy atom. The Labute approximate surface area is 349 Å². The van der Waals surface area contributed by atoms with E-state index in [1.54, 1.807) is 13.8 Å². The number of carbonyl (C=O) groups is 4. The van der Waals surface area contributed by atoms with Crippen molar-refractivity contribution >= 4 is 24.7 Å². The lowest BCUT2D eigenvalue weighted by atomic mass is 9.70. The van der Waals surface area contributed by atoms with Crippen LogP contribution in [0.4, 0.5) is 0 Å². The van der Waals surface area contributed by atoms with Crippen molar-refractivity contribution in [2.24, 2.45) is 76.4 Å². The van der Waals surface area contributed by atoms with Crippen molar-refractivity contribution in [1.82, 2.24) is 0 Å². The maximum Gasteiger partial charge on any atom is 0.316 e. The fourth-order valence-electron chi connectivity index (χ4n) is 12.1. The fourth-order valence-corrected chi connectivity index (χ4v) is 12.1. The summed E-state index contributed by atoms with van der Waals surface area (Å²) in [6.07, 6.45) is 11.2. The van der Waals surface area contributed by atoms with E-state index in [-0.39, 0.29) is 82.8 Å². The summed E-state index contributed by atoms with van der Waals surface area (Å²) in [4.78, 5) is 46.7. The van der Waals surface area contributed by atoms with Crippen molar-refractivity contribution in [2.75, 3.05) is 21.3 Å². The number of hydrogen-bond donors (Lipinski definition) is 3. The zero-order valence-electron chi connectivity index (χ0n) is 31.7. The molecule has 7 saturated carbocycles. The van der Waals surface area contributed by atoms with E-state index in [1.807, 2.05) is 13.7 Å². The third kappa shape index (κ3) is 12.1. The van der Waals surface area contributed by atoms with Crippen molar-refractivity contribution in [3.8, 4) is 0 Å². The van der Waals surface area contributed by atoms with Gasteiger partial charge in [0.2, 0.25) is 0 Å². The van der Waals surface area contributed by atoms with Crippen LogP contribution in [-0.4, -0.2) is 79.7 Å². The van der Waals surface area contributed by atoms with E-state index < -0.39 is 35.4 Å². The van der Waals surface area contributed by atoms with Gasteiger partial charge in [-0.2, -0.15) is 0 Å². The number of methoxy groups -OCH3 is 2. The molecule has 0 saturated heterocycles. The summed E-state index contributed by atoms with van der Waals surface area (Å²) in [5.41, 5.74) is -0.888. The molecule has 7 fully saturated rings. The quantitative estimate of drug-likeness (QED) is 0.0788. The second-order valence-corrected chi connectivity index (χ2v) is 16.8. The lowest BCUT2D eigenvalue weighted by molar-refractivity contribution is -0.164. The first-order chi connectivity index (χ1) is 24.4. The number of aliphatic hydroxyl groups excluding tert-OH is 3. The van der Waals surface area contributed by atoms with Gasteiger partial charge in [0.1, 0.15) is 12.9 Å². The van der Waals surface area contributed by atoms with E-state index in [0.29, 0.717) is 36.0 Å². The number of esters is 3. The molecule has 0 spiro atoms. The summed E-state index contributed by atoms with van der Waals surface area (Å²) in [5.74, 6) is 4.69. The summed E-state index contributed by atoms with van der Waals surface area (Å²) in [7, 11) is 3.73. The van der Waals surface area contributed by atoms with Gasteiger partial charge in [-0.25, -0.2) is 0 Å². The standard InChI is InChI=1S/C28H42O7.C10H16O2.CH4O.CH2O.6CH4.H2/c1-7-16(25(29)34-15(2)32-5)10-20(14-28(3,4)27(31)33-6)26(30)35-22-13-19-12-21(22)24-18-9-8-17(11-18)23(19)24;11-8-4-7-5-1-2-6(3-5)9(7)10(8)12;2*1-2;;;;;;;/h16-24H,2,7-14H2,1,3-6H3;5-12H,1-4H2;2H,1H3;1H2;6*1H4;1H. The van der Waals surface area contributed by atoms with Gasteiger partial charge in [0, 0.05) is 8.54 Å². The maximum atomic E-state index is 13.6. The molecule has 7 aliphatic carbocycles. The molecule has 6 bridgehead atoms. The SMILES string of the molecule is C.C.C.C.C.C.C=C(OC)OC(=O)C(CC)CC(CC(C)(C)C(=O)OC)C(=O)OC1CC2CC1C1C3CCC(C3)C21.C=O.CO.OC1CC2C3CCC(C3)C2C1O.[HH]. The van der Waals surface area contributed by atoms with E-state index >= 15 is 0 Å². The van der Waals surface area contributed by atoms with Crippen LogP contribution in [0.3, 0.4) is 0 Å². The molecule has 0 aromatic heterocycles. The van der Waals surface area contributed by atoms with Gasteiger partial charge >= 0.3 is 17.9 Å². The van der Waals surface area contributed by atoms with Gasteiger partial charge in [-0.1, -0.05) is 51.5 Å². The summed E-state index contributed by atoms with van der Waals surface area (Å²) in [6, 6.07) is 0. The predicted octanol–water partition coefficient (Wildman–Crippen LogP) is 9.14. The summed E-state index contributed by atoms with van der Waals surface area (Å²) < 4.78 is 21.3. The molecule has 0 radical (unpaired) electrons. The highest BCUT2D eigenvalue weighted by Crippen LogP contribution is 2.68. The molecule has 7 rings (SSSR count). The lowest BCUT2D eigenvalue weighted by Gasteiger charge is -2.39. The normalized spacial score (nSPS) is 34.3. The van der Waals surface area contributed by atoms with Crippen molar-refractivity contribution in [1.29, 1.82) is 0 Å². The third-order valence-electron chi connectivity index (χ3n) is 14.1. The Kier molecular flexibility index (Phi) is 26.0. The van der Waals surface area contributed by atoms with Crippen molar-refractivity contribution in [3.63, 3.8) is 0 Å². The molecular formula is C46H90O11. The summed E-state index contributed by atoms with van der Waals surface area (Å²) in [6.45, 7) is 11.0. The highest BCUT2D eigenvalue weighted by atomic mass is 16.7. The number of carbonyl (C=O) groups excluding carboxylic acids is 4. The van der Waals surface area contributed by atoms with Gasteiger partial charge in [0.15, 0.2) is 0 Å². The second kappa shape index (κ2) is 25.2. The predicted molar refractivity (Wildman–Crippen MR) is 231 cm³/mol. The van der Waals surface area contributed by atoms with E-state index in [1.165, 1.54) is 59.2 Å². The molecule has 11 heteroatoms. The van der Waals surface area contributed by atoms with E-state index in [4.69, 9.17) is 28.8 Å². The van der Waals surface area contributed by atoms with Crippen LogP contribution >= 0.6 is 0 Å². The van der Waals surface area contributed by atoms with Crippen LogP contribution in [0.25, 0.3) is 0 Å². The number of fused-ring (bicyclic) bond motifs is 14. The lowest BCUT2D eigenvalue weighted by Crippen LogP contribution is -2.40. The van der Waals surface area contributed by atoms with Crippen LogP contribution in [0.5, 0.6) is 0 Å². The Morgan fingerprint density at radius 2 is 1.23 bits per heavy atom. The maximum absolute atomic E-state index is 13.6. The second-order valence-electron chi connectivity index (χ2n) is 16.8.